The summed E-state index contributed by atoms with van der Waals surface area (Å²) in [5.74, 6) is 0.584. The number of benzene rings is 2. The van der Waals surface area contributed by atoms with Crippen LogP contribution in [0.4, 0.5) is 0 Å². The van der Waals surface area contributed by atoms with E-state index < -0.39 is 11.1 Å². The van der Waals surface area contributed by atoms with Gasteiger partial charge in [-0.05, 0) is 29.8 Å². The molecule has 2 aromatic heterocycles. The van der Waals surface area contributed by atoms with Gasteiger partial charge in [0.1, 0.15) is 12.1 Å². The Kier molecular flexibility index (Phi) is 3.87. The SMILES string of the molecule is CS(=O)Oc1ccc(-c2sc3ncnn3c2-c2ccccc2)cc1. The zero-order valence-corrected chi connectivity index (χ0v) is 14.4. The molecule has 0 bridgehead atoms. The predicted molar refractivity (Wildman–Crippen MR) is 96.4 cm³/mol. The van der Waals surface area contributed by atoms with Gasteiger partial charge in [-0.1, -0.05) is 41.7 Å². The fraction of sp³-hybridized carbons (Fsp3) is 0.0588. The number of hydrogen-bond acceptors (Lipinski definition) is 5. The maximum Gasteiger partial charge on any atom is 0.213 e. The van der Waals surface area contributed by atoms with Gasteiger partial charge in [0.15, 0.2) is 0 Å². The fourth-order valence-electron chi connectivity index (χ4n) is 2.53. The van der Waals surface area contributed by atoms with Crippen LogP contribution in [0.25, 0.3) is 26.7 Å². The molecule has 0 spiro atoms. The lowest BCUT2D eigenvalue weighted by atomic mass is 10.1. The fourth-order valence-corrected chi connectivity index (χ4v) is 3.98. The van der Waals surface area contributed by atoms with Crippen LogP contribution in [0, 0.1) is 0 Å². The van der Waals surface area contributed by atoms with Gasteiger partial charge >= 0.3 is 0 Å². The maximum absolute atomic E-state index is 11.2. The van der Waals surface area contributed by atoms with Crippen LogP contribution in [0.5, 0.6) is 5.75 Å². The van der Waals surface area contributed by atoms with E-state index in [0.29, 0.717) is 5.75 Å². The first-order valence-electron chi connectivity index (χ1n) is 7.22. The first-order chi connectivity index (χ1) is 11.7. The number of aromatic nitrogens is 3. The Hall–Kier alpha value is -2.51. The molecule has 2 aromatic carbocycles. The van der Waals surface area contributed by atoms with E-state index in [-0.39, 0.29) is 0 Å². The maximum atomic E-state index is 11.2. The topological polar surface area (TPSA) is 56.5 Å². The van der Waals surface area contributed by atoms with E-state index in [4.69, 9.17) is 4.18 Å². The number of hydrogen-bond donors (Lipinski definition) is 0. The van der Waals surface area contributed by atoms with Crippen LogP contribution in [0.15, 0.2) is 60.9 Å². The molecule has 1 atom stereocenters. The quantitative estimate of drug-likeness (QED) is 0.559. The van der Waals surface area contributed by atoms with Crippen LogP contribution in [0.2, 0.25) is 0 Å². The summed E-state index contributed by atoms with van der Waals surface area (Å²) >= 11 is 0.258. The summed E-state index contributed by atoms with van der Waals surface area (Å²) in [6, 6.07) is 17.7. The normalized spacial score (nSPS) is 12.4. The van der Waals surface area contributed by atoms with Crippen molar-refractivity contribution in [3.8, 4) is 27.4 Å². The molecule has 2 heterocycles. The van der Waals surface area contributed by atoms with E-state index in [9.17, 15) is 4.21 Å². The molecule has 0 aliphatic carbocycles. The van der Waals surface area contributed by atoms with Crippen LogP contribution in [0.3, 0.4) is 0 Å². The molecule has 0 radical (unpaired) electrons. The highest BCUT2D eigenvalue weighted by Gasteiger charge is 2.17. The van der Waals surface area contributed by atoms with Crippen LogP contribution in [-0.4, -0.2) is 25.1 Å². The lowest BCUT2D eigenvalue weighted by Crippen LogP contribution is -1.96. The number of thiazole rings is 1. The molecule has 4 aromatic rings. The van der Waals surface area contributed by atoms with E-state index >= 15 is 0 Å². The van der Waals surface area contributed by atoms with E-state index in [0.717, 1.165) is 26.7 Å². The molecule has 1 unspecified atom stereocenters. The van der Waals surface area contributed by atoms with Crippen LogP contribution >= 0.6 is 11.3 Å². The zero-order chi connectivity index (χ0) is 16.5. The minimum Gasteiger partial charge on any atom is -0.401 e. The average molecular weight is 355 g/mol. The molecule has 0 fully saturated rings. The van der Waals surface area contributed by atoms with Crippen molar-refractivity contribution >= 4 is 27.4 Å². The number of fused-ring (bicyclic) bond motifs is 1. The smallest absolute Gasteiger partial charge is 0.213 e. The second-order valence-corrected chi connectivity index (χ2v) is 7.06. The summed E-state index contributed by atoms with van der Waals surface area (Å²) in [6.45, 7) is 0. The van der Waals surface area contributed by atoms with Crippen molar-refractivity contribution < 1.29 is 8.39 Å². The Morgan fingerprint density at radius 3 is 2.50 bits per heavy atom. The largest absolute Gasteiger partial charge is 0.401 e. The number of nitrogens with zero attached hydrogens (tertiary/aromatic N) is 3. The van der Waals surface area contributed by atoms with Crippen molar-refractivity contribution in [1.82, 2.24) is 14.6 Å². The van der Waals surface area contributed by atoms with Gasteiger partial charge in [0, 0.05) is 11.8 Å². The van der Waals surface area contributed by atoms with Crippen LogP contribution in [-0.2, 0) is 11.1 Å². The average Bonchev–Trinajstić information content (AvgIpc) is 3.16. The Bertz CT molecular complexity index is 1010. The number of rotatable bonds is 4. The molecule has 4 rings (SSSR count). The first kappa shape index (κ1) is 15.0. The highest BCUT2D eigenvalue weighted by atomic mass is 32.2. The minimum atomic E-state index is -1.33. The van der Waals surface area contributed by atoms with Crippen LogP contribution in [0.1, 0.15) is 0 Å². The lowest BCUT2D eigenvalue weighted by Gasteiger charge is -2.06. The van der Waals surface area contributed by atoms with E-state index in [2.05, 4.69) is 22.2 Å². The molecule has 0 aliphatic heterocycles. The van der Waals surface area contributed by atoms with Gasteiger partial charge in [-0.2, -0.15) is 5.10 Å². The molecule has 120 valence electrons. The monoisotopic (exact) mass is 355 g/mol. The molecule has 0 saturated carbocycles. The molecule has 0 amide bonds. The summed E-state index contributed by atoms with van der Waals surface area (Å²) in [5, 5.41) is 4.35. The third-order valence-corrected chi connectivity index (χ3v) is 5.04. The summed E-state index contributed by atoms with van der Waals surface area (Å²) in [7, 11) is 0. The third-order valence-electron chi connectivity index (χ3n) is 3.51. The summed E-state index contributed by atoms with van der Waals surface area (Å²) < 4.78 is 18.2. The van der Waals surface area contributed by atoms with Gasteiger partial charge in [-0.15, -0.1) is 0 Å². The summed E-state index contributed by atoms with van der Waals surface area (Å²) in [4.78, 5) is 6.24. The lowest BCUT2D eigenvalue weighted by molar-refractivity contribution is 0.568. The Morgan fingerprint density at radius 1 is 1.04 bits per heavy atom. The molecule has 0 N–H and O–H groups in total. The van der Waals surface area contributed by atoms with E-state index in [1.165, 1.54) is 6.26 Å². The molecule has 0 saturated heterocycles. The zero-order valence-electron chi connectivity index (χ0n) is 12.7. The van der Waals surface area contributed by atoms with Crippen molar-refractivity contribution in [3.05, 3.63) is 60.9 Å². The Morgan fingerprint density at radius 2 is 1.79 bits per heavy atom. The molecule has 24 heavy (non-hydrogen) atoms. The minimum absolute atomic E-state index is 0.584. The van der Waals surface area contributed by atoms with Crippen molar-refractivity contribution in [2.75, 3.05) is 6.26 Å². The van der Waals surface area contributed by atoms with Gasteiger partial charge in [0.25, 0.3) is 0 Å². The molecule has 7 heteroatoms. The van der Waals surface area contributed by atoms with Crippen LogP contribution < -0.4 is 4.18 Å². The van der Waals surface area contributed by atoms with Crippen molar-refractivity contribution in [2.45, 2.75) is 0 Å². The second kappa shape index (κ2) is 6.18. The molecule has 0 aliphatic rings. The van der Waals surface area contributed by atoms with E-state index in [1.54, 1.807) is 17.7 Å². The van der Waals surface area contributed by atoms with Gasteiger partial charge < -0.3 is 4.18 Å². The summed E-state index contributed by atoms with van der Waals surface area (Å²) in [5.41, 5.74) is 3.14. The van der Waals surface area contributed by atoms with Gasteiger partial charge in [0.2, 0.25) is 16.0 Å². The predicted octanol–water partition coefficient (Wildman–Crippen LogP) is 3.80. The van der Waals surface area contributed by atoms with Crippen molar-refractivity contribution in [1.29, 1.82) is 0 Å². The van der Waals surface area contributed by atoms with Gasteiger partial charge in [-0.3, -0.25) is 0 Å². The molecule has 5 nitrogen and oxygen atoms in total. The van der Waals surface area contributed by atoms with Crippen molar-refractivity contribution in [2.24, 2.45) is 0 Å². The standard InChI is InChI=1S/C17H13N3O2S2/c1-24(21)22-14-9-7-13(8-10-14)16-15(12-5-3-2-4-6-12)20-17(23-16)18-11-19-20/h2-11H,1H3. The Balaban J connectivity index is 1.85. The highest BCUT2D eigenvalue weighted by Crippen LogP contribution is 2.38. The highest BCUT2D eigenvalue weighted by molar-refractivity contribution is 7.79. The summed E-state index contributed by atoms with van der Waals surface area (Å²) in [6.07, 6.45) is 3.07. The van der Waals surface area contributed by atoms with E-state index in [1.807, 2.05) is 47.0 Å². The van der Waals surface area contributed by atoms with Gasteiger partial charge in [-0.25, -0.2) is 13.7 Å². The molecular formula is C17H13N3O2S2. The Labute approximate surface area is 145 Å². The molecular weight excluding hydrogens is 342 g/mol. The van der Waals surface area contributed by atoms with Gasteiger partial charge in [0.05, 0.1) is 10.6 Å². The van der Waals surface area contributed by atoms with Crippen molar-refractivity contribution in [3.63, 3.8) is 0 Å². The first-order valence-corrected chi connectivity index (χ1v) is 9.52. The third kappa shape index (κ3) is 2.72. The second-order valence-electron chi connectivity index (χ2n) is 5.11.